The van der Waals surface area contributed by atoms with E-state index in [1.807, 2.05) is 6.08 Å². The standard InChI is InChI=1S/C20H24O/c1-3-14-5-9-19-18-7-4-13-12-15(21)6-8-16(13)17(18)10-11-20(14,19)2/h1,4,7,12,14,16-19H,5-6,8-11H2,2H3/t14-,16-,17+,18+,19-,20+/m0/s1. The predicted octanol–water partition coefficient (Wildman–Crippen LogP) is 4.15. The molecule has 110 valence electrons. The van der Waals surface area contributed by atoms with Gasteiger partial charge >= 0.3 is 0 Å². The van der Waals surface area contributed by atoms with E-state index in [1.54, 1.807) is 0 Å². The molecule has 0 spiro atoms. The maximum absolute atomic E-state index is 11.7. The third-order valence-electron chi connectivity index (χ3n) is 7.07. The van der Waals surface area contributed by atoms with E-state index < -0.39 is 0 Å². The van der Waals surface area contributed by atoms with Gasteiger partial charge in [-0.05, 0) is 72.8 Å². The number of carbonyl (C=O) groups is 1. The Bertz CT molecular complexity index is 575. The molecule has 1 nitrogen and oxygen atoms in total. The van der Waals surface area contributed by atoms with Crippen molar-refractivity contribution in [3.63, 3.8) is 0 Å². The number of hydrogen-bond acceptors (Lipinski definition) is 1. The van der Waals surface area contributed by atoms with Crippen LogP contribution >= 0.6 is 0 Å². The average molecular weight is 280 g/mol. The zero-order chi connectivity index (χ0) is 14.6. The molecule has 0 aromatic rings. The third kappa shape index (κ3) is 1.81. The van der Waals surface area contributed by atoms with Crippen LogP contribution in [0.15, 0.2) is 23.8 Å². The van der Waals surface area contributed by atoms with Gasteiger partial charge in [0.05, 0.1) is 0 Å². The monoisotopic (exact) mass is 280 g/mol. The van der Waals surface area contributed by atoms with Gasteiger partial charge in [-0.15, -0.1) is 12.3 Å². The summed E-state index contributed by atoms with van der Waals surface area (Å²) < 4.78 is 0. The van der Waals surface area contributed by atoms with Gasteiger partial charge in [0.1, 0.15) is 0 Å². The molecule has 1 heteroatoms. The Balaban J connectivity index is 1.69. The maximum Gasteiger partial charge on any atom is 0.155 e. The number of terminal acetylenes is 1. The summed E-state index contributed by atoms with van der Waals surface area (Å²) in [6, 6.07) is 0. The van der Waals surface area contributed by atoms with Crippen molar-refractivity contribution in [3.8, 4) is 12.3 Å². The highest BCUT2D eigenvalue weighted by atomic mass is 16.1. The van der Waals surface area contributed by atoms with Gasteiger partial charge in [-0.25, -0.2) is 0 Å². The van der Waals surface area contributed by atoms with Crippen molar-refractivity contribution in [1.82, 2.24) is 0 Å². The first-order valence-corrected chi connectivity index (χ1v) is 8.52. The Morgan fingerprint density at radius 2 is 2.14 bits per heavy atom. The molecule has 2 fully saturated rings. The molecular formula is C20H24O. The minimum atomic E-state index is 0.318. The lowest BCUT2D eigenvalue weighted by atomic mass is 9.53. The summed E-state index contributed by atoms with van der Waals surface area (Å²) in [5, 5.41) is 0. The quantitative estimate of drug-likeness (QED) is 0.609. The minimum absolute atomic E-state index is 0.318. The predicted molar refractivity (Wildman–Crippen MR) is 84.3 cm³/mol. The summed E-state index contributed by atoms with van der Waals surface area (Å²) in [5.74, 6) is 6.71. The lowest BCUT2D eigenvalue weighted by molar-refractivity contribution is -0.115. The van der Waals surface area contributed by atoms with Crippen molar-refractivity contribution in [2.45, 2.75) is 45.4 Å². The van der Waals surface area contributed by atoms with Crippen LogP contribution in [-0.2, 0) is 4.79 Å². The molecule has 0 aromatic heterocycles. The largest absolute Gasteiger partial charge is 0.295 e. The zero-order valence-electron chi connectivity index (χ0n) is 12.8. The lowest BCUT2D eigenvalue weighted by Gasteiger charge is -2.51. The molecule has 0 bridgehead atoms. The minimum Gasteiger partial charge on any atom is -0.295 e. The van der Waals surface area contributed by atoms with Crippen molar-refractivity contribution in [2.24, 2.45) is 35.0 Å². The first-order chi connectivity index (χ1) is 10.1. The molecule has 2 saturated carbocycles. The lowest BCUT2D eigenvalue weighted by Crippen LogP contribution is -2.44. The molecule has 4 rings (SSSR count). The van der Waals surface area contributed by atoms with Gasteiger partial charge in [0.25, 0.3) is 0 Å². The summed E-state index contributed by atoms with van der Waals surface area (Å²) in [4.78, 5) is 11.7. The first-order valence-electron chi connectivity index (χ1n) is 8.52. The van der Waals surface area contributed by atoms with Crippen molar-refractivity contribution >= 4 is 5.78 Å². The van der Waals surface area contributed by atoms with Crippen molar-refractivity contribution in [2.75, 3.05) is 0 Å². The Hall–Kier alpha value is -1.29. The van der Waals surface area contributed by atoms with E-state index in [-0.39, 0.29) is 0 Å². The molecule has 0 unspecified atom stereocenters. The molecule has 0 saturated heterocycles. The van der Waals surface area contributed by atoms with E-state index in [1.165, 1.54) is 31.3 Å². The van der Waals surface area contributed by atoms with Gasteiger partial charge < -0.3 is 0 Å². The summed E-state index contributed by atoms with van der Waals surface area (Å²) >= 11 is 0. The number of hydrogen-bond donors (Lipinski definition) is 0. The second kappa shape index (κ2) is 4.60. The summed E-state index contributed by atoms with van der Waals surface area (Å²) in [6.45, 7) is 2.44. The Morgan fingerprint density at radius 1 is 1.29 bits per heavy atom. The summed E-state index contributed by atoms with van der Waals surface area (Å²) in [7, 11) is 0. The highest BCUT2D eigenvalue weighted by molar-refractivity contribution is 5.91. The Kier molecular flexibility index (Phi) is 2.93. The summed E-state index contributed by atoms with van der Waals surface area (Å²) in [5.41, 5.74) is 1.66. The number of rotatable bonds is 0. The smallest absolute Gasteiger partial charge is 0.155 e. The molecule has 4 aliphatic rings. The van der Waals surface area contributed by atoms with Gasteiger partial charge in [-0.3, -0.25) is 4.79 Å². The number of carbonyl (C=O) groups excluding carboxylic acids is 1. The topological polar surface area (TPSA) is 17.1 Å². The van der Waals surface area contributed by atoms with Crippen molar-refractivity contribution < 1.29 is 4.79 Å². The summed E-state index contributed by atoms with van der Waals surface area (Å²) in [6.07, 6.45) is 19.3. The van der Waals surface area contributed by atoms with Gasteiger partial charge in [-0.2, -0.15) is 0 Å². The fourth-order valence-electron chi connectivity index (χ4n) is 5.93. The fourth-order valence-corrected chi connectivity index (χ4v) is 5.93. The normalized spacial score (nSPS) is 47.9. The Labute approximate surface area is 127 Å². The Morgan fingerprint density at radius 3 is 2.95 bits per heavy atom. The number of allylic oxidation sites excluding steroid dienone is 4. The highest BCUT2D eigenvalue weighted by Crippen LogP contribution is 2.62. The molecule has 21 heavy (non-hydrogen) atoms. The van der Waals surface area contributed by atoms with Crippen molar-refractivity contribution in [3.05, 3.63) is 23.8 Å². The highest BCUT2D eigenvalue weighted by Gasteiger charge is 2.54. The van der Waals surface area contributed by atoms with Crippen LogP contribution in [0.3, 0.4) is 0 Å². The van der Waals surface area contributed by atoms with E-state index in [4.69, 9.17) is 6.42 Å². The van der Waals surface area contributed by atoms with Crippen LogP contribution in [0.25, 0.3) is 0 Å². The van der Waals surface area contributed by atoms with E-state index in [2.05, 4.69) is 25.0 Å². The van der Waals surface area contributed by atoms with Crippen LogP contribution in [0, 0.1) is 47.3 Å². The molecule has 0 amide bonds. The van der Waals surface area contributed by atoms with Crippen LogP contribution in [0.2, 0.25) is 0 Å². The van der Waals surface area contributed by atoms with Gasteiger partial charge in [0, 0.05) is 12.3 Å². The van der Waals surface area contributed by atoms with Gasteiger partial charge in [0.2, 0.25) is 0 Å². The van der Waals surface area contributed by atoms with E-state index in [0.717, 1.165) is 24.7 Å². The average Bonchev–Trinajstić information content (AvgIpc) is 2.83. The second-order valence-electron chi connectivity index (χ2n) is 7.80. The van der Waals surface area contributed by atoms with Crippen LogP contribution < -0.4 is 0 Å². The number of ketones is 1. The van der Waals surface area contributed by atoms with Gasteiger partial charge in [0.15, 0.2) is 5.78 Å². The molecule has 4 aliphatic carbocycles. The van der Waals surface area contributed by atoms with Gasteiger partial charge in [-0.1, -0.05) is 19.1 Å². The molecule has 0 aliphatic heterocycles. The van der Waals surface area contributed by atoms with Crippen LogP contribution in [0.1, 0.15) is 45.4 Å². The SMILES string of the molecule is C#C[C@H]1CC[C@H]2[C@@H]3C=CC4=CC(=O)CC[C@@H]4[C@H]3CC[C@]12C. The molecular weight excluding hydrogens is 256 g/mol. The van der Waals surface area contributed by atoms with Crippen LogP contribution in [-0.4, -0.2) is 5.78 Å². The zero-order valence-corrected chi connectivity index (χ0v) is 12.8. The van der Waals surface area contributed by atoms with Crippen molar-refractivity contribution in [1.29, 1.82) is 0 Å². The van der Waals surface area contributed by atoms with E-state index >= 15 is 0 Å². The molecule has 0 aromatic carbocycles. The van der Waals surface area contributed by atoms with E-state index in [9.17, 15) is 4.79 Å². The van der Waals surface area contributed by atoms with Crippen LogP contribution in [0.4, 0.5) is 0 Å². The maximum atomic E-state index is 11.7. The molecule has 6 atom stereocenters. The third-order valence-corrected chi connectivity index (χ3v) is 7.07. The first kappa shape index (κ1) is 13.4. The van der Waals surface area contributed by atoms with Crippen LogP contribution in [0.5, 0.6) is 0 Å². The molecule has 0 radical (unpaired) electrons. The fraction of sp³-hybridized carbons (Fsp3) is 0.650. The molecule has 0 heterocycles. The molecule has 0 N–H and O–H groups in total. The number of fused-ring (bicyclic) bond motifs is 5. The second-order valence-corrected chi connectivity index (χ2v) is 7.80. The van der Waals surface area contributed by atoms with E-state index in [0.29, 0.717) is 29.0 Å².